The van der Waals surface area contributed by atoms with Crippen LogP contribution in [0.15, 0.2) is 11.1 Å². The number of rotatable bonds is 3. The topological polar surface area (TPSA) is 92.1 Å². The zero-order valence-corrected chi connectivity index (χ0v) is 12.4. The molecular formula is C11H13N3O3S2. The van der Waals surface area contributed by atoms with Crippen LogP contribution in [0.2, 0.25) is 0 Å². The van der Waals surface area contributed by atoms with Gasteiger partial charge in [-0.2, -0.15) is 9.64 Å². The minimum atomic E-state index is -3.57. The molecule has 0 spiro atoms. The van der Waals surface area contributed by atoms with E-state index in [1.807, 2.05) is 6.07 Å². The predicted octanol–water partition coefficient (Wildman–Crippen LogP) is 1.39. The van der Waals surface area contributed by atoms with Gasteiger partial charge in [-0.3, -0.25) is 10.3 Å². The number of aryl methyl sites for hydroxylation is 1. The van der Waals surface area contributed by atoms with Gasteiger partial charge in [0.15, 0.2) is 14.9 Å². The molecule has 0 bridgehead atoms. The number of hydroxylamine groups is 1. The maximum Gasteiger partial charge on any atom is 0.199 e. The molecule has 0 aromatic carbocycles. The average Bonchev–Trinajstić information content (AvgIpc) is 2.83. The Kier molecular flexibility index (Phi) is 3.38. The highest BCUT2D eigenvalue weighted by molar-refractivity contribution is 7.94. The summed E-state index contributed by atoms with van der Waals surface area (Å²) in [5.74, 6) is -0.253. The first-order valence-corrected chi connectivity index (χ1v) is 7.92. The molecular weight excluding hydrogens is 286 g/mol. The first-order valence-electron chi connectivity index (χ1n) is 5.50. The van der Waals surface area contributed by atoms with Gasteiger partial charge in [0.2, 0.25) is 0 Å². The number of nitrogens with one attached hydrogen (secondary N) is 1. The van der Waals surface area contributed by atoms with Crippen molar-refractivity contribution < 1.29 is 13.3 Å². The molecule has 0 amide bonds. The SMILES string of the molecule is Cc1nsc(C#N)c1CS(=O)(=O)C1=CC(C)(C)ON1. The Morgan fingerprint density at radius 1 is 1.58 bits per heavy atom. The molecule has 1 N–H and O–H groups in total. The first kappa shape index (κ1) is 14.0. The Balaban J connectivity index is 2.34. The van der Waals surface area contributed by atoms with Crippen molar-refractivity contribution in [3.8, 4) is 6.07 Å². The van der Waals surface area contributed by atoms with Crippen LogP contribution < -0.4 is 5.48 Å². The van der Waals surface area contributed by atoms with Crippen LogP contribution in [0.4, 0.5) is 0 Å². The Labute approximate surface area is 115 Å². The molecule has 0 saturated heterocycles. The summed E-state index contributed by atoms with van der Waals surface area (Å²) >= 11 is 1.01. The smallest absolute Gasteiger partial charge is 0.199 e. The van der Waals surface area contributed by atoms with Crippen molar-refractivity contribution in [1.82, 2.24) is 9.85 Å². The summed E-state index contributed by atoms with van der Waals surface area (Å²) in [6, 6.07) is 1.97. The van der Waals surface area contributed by atoms with Gasteiger partial charge in [-0.15, -0.1) is 0 Å². The van der Waals surface area contributed by atoms with Crippen LogP contribution in [-0.2, 0) is 20.4 Å². The third-order valence-corrected chi connectivity index (χ3v) is 5.07. The van der Waals surface area contributed by atoms with E-state index in [9.17, 15) is 8.42 Å². The van der Waals surface area contributed by atoms with Crippen LogP contribution in [0.5, 0.6) is 0 Å². The molecule has 1 aromatic rings. The molecule has 102 valence electrons. The lowest BCUT2D eigenvalue weighted by atomic mass is 10.1. The van der Waals surface area contributed by atoms with E-state index in [0.717, 1.165) is 11.5 Å². The summed E-state index contributed by atoms with van der Waals surface area (Å²) < 4.78 is 28.5. The van der Waals surface area contributed by atoms with Crippen molar-refractivity contribution in [1.29, 1.82) is 5.26 Å². The number of nitriles is 1. The van der Waals surface area contributed by atoms with E-state index in [2.05, 4.69) is 9.85 Å². The summed E-state index contributed by atoms with van der Waals surface area (Å²) in [6.45, 7) is 5.19. The Hall–Kier alpha value is -1.43. The highest BCUT2D eigenvalue weighted by Gasteiger charge is 2.32. The molecule has 8 heteroatoms. The van der Waals surface area contributed by atoms with E-state index in [4.69, 9.17) is 10.1 Å². The van der Waals surface area contributed by atoms with Gasteiger partial charge >= 0.3 is 0 Å². The van der Waals surface area contributed by atoms with Crippen molar-refractivity contribution in [3.05, 3.63) is 27.2 Å². The van der Waals surface area contributed by atoms with E-state index < -0.39 is 15.4 Å². The Morgan fingerprint density at radius 3 is 2.79 bits per heavy atom. The molecule has 0 saturated carbocycles. The molecule has 19 heavy (non-hydrogen) atoms. The van der Waals surface area contributed by atoms with Gasteiger partial charge in [0.05, 0.1) is 11.4 Å². The maximum atomic E-state index is 12.3. The van der Waals surface area contributed by atoms with Crippen LogP contribution in [0.1, 0.15) is 30.0 Å². The van der Waals surface area contributed by atoms with E-state index in [0.29, 0.717) is 16.1 Å². The first-order chi connectivity index (χ1) is 8.75. The molecule has 0 atom stereocenters. The second kappa shape index (κ2) is 4.59. The van der Waals surface area contributed by atoms with Gasteiger partial charge in [0.25, 0.3) is 0 Å². The number of aromatic nitrogens is 1. The Morgan fingerprint density at radius 2 is 2.26 bits per heavy atom. The van der Waals surface area contributed by atoms with Crippen molar-refractivity contribution in [2.75, 3.05) is 0 Å². The van der Waals surface area contributed by atoms with Crippen LogP contribution >= 0.6 is 11.5 Å². The van der Waals surface area contributed by atoms with Gasteiger partial charge in [0.1, 0.15) is 16.5 Å². The minimum absolute atomic E-state index is 0.0342. The normalized spacial score (nSPS) is 17.7. The van der Waals surface area contributed by atoms with Crippen molar-refractivity contribution in [2.24, 2.45) is 0 Å². The molecule has 2 heterocycles. The second-order valence-electron chi connectivity index (χ2n) is 4.76. The molecule has 1 aliphatic rings. The van der Waals surface area contributed by atoms with E-state index >= 15 is 0 Å². The molecule has 0 aliphatic carbocycles. The fourth-order valence-electron chi connectivity index (χ4n) is 1.62. The standard InChI is InChI=1S/C11H13N3O3S2/c1-7-8(9(5-12)18-14-7)6-19(15,16)10-4-11(2,3)17-13-10/h4,13H,6H2,1-3H3. The molecule has 6 nitrogen and oxygen atoms in total. The van der Waals surface area contributed by atoms with E-state index in [1.54, 1.807) is 20.8 Å². The summed E-state index contributed by atoms with van der Waals surface area (Å²) in [4.78, 5) is 5.48. The van der Waals surface area contributed by atoms with Gasteiger partial charge < -0.3 is 0 Å². The predicted molar refractivity (Wildman–Crippen MR) is 70.6 cm³/mol. The van der Waals surface area contributed by atoms with Crippen molar-refractivity contribution >= 4 is 21.4 Å². The van der Waals surface area contributed by atoms with Gasteiger partial charge in [0, 0.05) is 5.56 Å². The third kappa shape index (κ3) is 2.78. The second-order valence-corrected chi connectivity index (χ2v) is 7.49. The summed E-state index contributed by atoms with van der Waals surface area (Å²) in [7, 11) is -3.57. The van der Waals surface area contributed by atoms with Gasteiger partial charge in [-0.25, -0.2) is 8.42 Å². The fourth-order valence-corrected chi connectivity index (χ4v) is 3.95. The zero-order valence-electron chi connectivity index (χ0n) is 10.7. The van der Waals surface area contributed by atoms with Crippen LogP contribution in [0.25, 0.3) is 0 Å². The minimum Gasteiger partial charge on any atom is -0.265 e. The summed E-state index contributed by atoms with van der Waals surface area (Å²) in [5, 5.41) is 8.98. The Bertz CT molecular complexity index is 681. The van der Waals surface area contributed by atoms with Crippen LogP contribution in [-0.4, -0.2) is 18.4 Å². The monoisotopic (exact) mass is 299 g/mol. The third-order valence-electron chi connectivity index (χ3n) is 2.65. The number of hydrogen-bond acceptors (Lipinski definition) is 7. The lowest BCUT2D eigenvalue weighted by molar-refractivity contribution is -0.0129. The van der Waals surface area contributed by atoms with Crippen molar-refractivity contribution in [2.45, 2.75) is 32.1 Å². The van der Waals surface area contributed by atoms with Gasteiger partial charge in [-0.05, 0) is 38.4 Å². The molecule has 0 radical (unpaired) electrons. The molecule has 2 rings (SSSR count). The zero-order chi connectivity index (χ0) is 14.3. The van der Waals surface area contributed by atoms with Crippen molar-refractivity contribution in [3.63, 3.8) is 0 Å². The fraction of sp³-hybridized carbons (Fsp3) is 0.455. The van der Waals surface area contributed by atoms with Crippen LogP contribution in [0.3, 0.4) is 0 Å². The largest absolute Gasteiger partial charge is 0.265 e. The molecule has 1 aromatic heterocycles. The quantitative estimate of drug-likeness (QED) is 0.906. The summed E-state index contributed by atoms with van der Waals surface area (Å²) in [5.41, 5.74) is 2.80. The molecule has 0 fully saturated rings. The highest BCUT2D eigenvalue weighted by atomic mass is 32.2. The van der Waals surface area contributed by atoms with Gasteiger partial charge in [-0.1, -0.05) is 0 Å². The van der Waals surface area contributed by atoms with Crippen LogP contribution in [0, 0.1) is 18.3 Å². The molecule has 1 aliphatic heterocycles. The van der Waals surface area contributed by atoms with E-state index in [-0.39, 0.29) is 10.8 Å². The highest BCUT2D eigenvalue weighted by Crippen LogP contribution is 2.26. The summed E-state index contributed by atoms with van der Waals surface area (Å²) in [6.07, 6.45) is 1.52. The number of nitrogens with zero attached hydrogens (tertiary/aromatic N) is 2. The number of hydrogen-bond donors (Lipinski definition) is 1. The number of sulfone groups is 1. The lowest BCUT2D eigenvalue weighted by Gasteiger charge is -2.11. The van der Waals surface area contributed by atoms with E-state index in [1.165, 1.54) is 6.08 Å². The maximum absolute atomic E-state index is 12.3. The molecule has 0 unspecified atom stereocenters. The lowest BCUT2D eigenvalue weighted by Crippen LogP contribution is -2.22. The average molecular weight is 299 g/mol.